The van der Waals surface area contributed by atoms with Crippen LogP contribution in [0.2, 0.25) is 0 Å². The molecule has 4 rings (SSSR count). The van der Waals surface area contributed by atoms with E-state index < -0.39 is 6.04 Å². The number of hydrogen-bond donors (Lipinski definition) is 1. The highest BCUT2D eigenvalue weighted by Crippen LogP contribution is 2.25. The van der Waals surface area contributed by atoms with Crippen LogP contribution in [0.5, 0.6) is 0 Å². The van der Waals surface area contributed by atoms with Gasteiger partial charge in [0.2, 0.25) is 5.91 Å². The van der Waals surface area contributed by atoms with E-state index in [1.54, 1.807) is 4.90 Å². The normalized spacial score (nSPS) is 14.5. The third-order valence-electron chi connectivity index (χ3n) is 4.70. The summed E-state index contributed by atoms with van der Waals surface area (Å²) in [7, 11) is 0. The Bertz CT molecular complexity index is 984. The predicted octanol–water partition coefficient (Wildman–Crippen LogP) is 2.74. The lowest BCUT2D eigenvalue weighted by Gasteiger charge is -2.25. The van der Waals surface area contributed by atoms with Crippen molar-refractivity contribution in [3.8, 4) is 0 Å². The Morgan fingerprint density at radius 1 is 1.23 bits per heavy atom. The van der Waals surface area contributed by atoms with Gasteiger partial charge in [-0.15, -0.1) is 0 Å². The van der Waals surface area contributed by atoms with Crippen molar-refractivity contribution < 1.29 is 9.59 Å². The average molecular weight is 366 g/mol. The average Bonchev–Trinajstić information content (AvgIpc) is 3.25. The molecule has 0 aliphatic carbocycles. The Morgan fingerprint density at radius 2 is 2.04 bits per heavy atom. The molecular weight excluding hydrogens is 348 g/mol. The number of amides is 2. The summed E-state index contributed by atoms with van der Waals surface area (Å²) < 4.78 is 8.39. The monoisotopic (exact) mass is 366 g/mol. The van der Waals surface area contributed by atoms with Crippen molar-refractivity contribution in [3.05, 3.63) is 59.2 Å². The quantitative estimate of drug-likeness (QED) is 0.753. The number of carbonyl (C=O) groups excluding carboxylic acids is 2. The van der Waals surface area contributed by atoms with Gasteiger partial charge in [0.05, 0.1) is 11.7 Å². The second-order valence-electron chi connectivity index (χ2n) is 6.32. The Hall–Kier alpha value is -2.80. The number of fused-ring (bicyclic) bond motifs is 2. The molecular formula is C19H18N4O2S. The summed E-state index contributed by atoms with van der Waals surface area (Å²) in [5, 5.41) is 2.95. The molecule has 6 nitrogen and oxygen atoms in total. The van der Waals surface area contributed by atoms with Gasteiger partial charge in [-0.25, -0.2) is 0 Å². The molecule has 7 heteroatoms. The van der Waals surface area contributed by atoms with Crippen LogP contribution in [0, 0.1) is 0 Å². The highest BCUT2D eigenvalue weighted by molar-refractivity contribution is 7.00. The van der Waals surface area contributed by atoms with Crippen molar-refractivity contribution in [1.82, 2.24) is 19.0 Å². The molecule has 1 aliphatic heterocycles. The van der Waals surface area contributed by atoms with Gasteiger partial charge in [-0.05, 0) is 35.7 Å². The lowest BCUT2D eigenvalue weighted by molar-refractivity contribution is -0.126. The SMILES string of the molecule is CC[C@@H](C(=O)NCc1ccc2nsnc2c1)N1Cc2ccccc2C1=O. The lowest BCUT2D eigenvalue weighted by Crippen LogP contribution is -2.46. The topological polar surface area (TPSA) is 75.2 Å². The van der Waals surface area contributed by atoms with Crippen LogP contribution in [0.15, 0.2) is 42.5 Å². The number of nitrogens with one attached hydrogen (secondary N) is 1. The van der Waals surface area contributed by atoms with E-state index in [-0.39, 0.29) is 11.8 Å². The zero-order chi connectivity index (χ0) is 18.1. The molecule has 1 N–H and O–H groups in total. The van der Waals surface area contributed by atoms with Crippen LogP contribution in [0.4, 0.5) is 0 Å². The molecule has 26 heavy (non-hydrogen) atoms. The van der Waals surface area contributed by atoms with Crippen LogP contribution in [0.3, 0.4) is 0 Å². The molecule has 132 valence electrons. The van der Waals surface area contributed by atoms with Crippen LogP contribution < -0.4 is 5.32 Å². The molecule has 2 heterocycles. The molecule has 0 saturated carbocycles. The second kappa shape index (κ2) is 6.84. The summed E-state index contributed by atoms with van der Waals surface area (Å²) in [4.78, 5) is 27.0. The van der Waals surface area contributed by atoms with E-state index in [1.165, 1.54) is 11.7 Å². The largest absolute Gasteiger partial charge is 0.350 e. The maximum Gasteiger partial charge on any atom is 0.255 e. The summed E-state index contributed by atoms with van der Waals surface area (Å²) in [6, 6.07) is 12.8. The van der Waals surface area contributed by atoms with Crippen molar-refractivity contribution in [2.75, 3.05) is 0 Å². The Kier molecular flexibility index (Phi) is 4.38. The minimum Gasteiger partial charge on any atom is -0.350 e. The third-order valence-corrected chi connectivity index (χ3v) is 5.26. The summed E-state index contributed by atoms with van der Waals surface area (Å²) in [5.41, 5.74) is 4.32. The van der Waals surface area contributed by atoms with Gasteiger partial charge >= 0.3 is 0 Å². The smallest absolute Gasteiger partial charge is 0.255 e. The fraction of sp³-hybridized carbons (Fsp3) is 0.263. The minimum atomic E-state index is -0.473. The first-order valence-electron chi connectivity index (χ1n) is 8.55. The summed E-state index contributed by atoms with van der Waals surface area (Å²) in [5.74, 6) is -0.206. The number of benzene rings is 2. The van der Waals surface area contributed by atoms with Crippen molar-refractivity contribution in [3.63, 3.8) is 0 Å². The second-order valence-corrected chi connectivity index (χ2v) is 6.85. The summed E-state index contributed by atoms with van der Waals surface area (Å²) >= 11 is 1.17. The molecule has 0 unspecified atom stereocenters. The molecule has 0 saturated heterocycles. The van der Waals surface area contributed by atoms with Gasteiger partial charge in [0.15, 0.2) is 0 Å². The fourth-order valence-electron chi connectivity index (χ4n) is 3.32. The number of hydrogen-bond acceptors (Lipinski definition) is 5. The van der Waals surface area contributed by atoms with Crippen molar-refractivity contribution in [1.29, 1.82) is 0 Å². The molecule has 0 bridgehead atoms. The van der Waals surface area contributed by atoms with Crippen molar-refractivity contribution >= 4 is 34.6 Å². The molecule has 3 aromatic rings. The first-order chi connectivity index (χ1) is 12.7. The zero-order valence-electron chi connectivity index (χ0n) is 14.3. The van der Waals surface area contributed by atoms with Crippen LogP contribution in [-0.4, -0.2) is 31.5 Å². The molecule has 0 spiro atoms. The molecule has 2 amide bonds. The van der Waals surface area contributed by atoms with Gasteiger partial charge in [0.25, 0.3) is 5.91 Å². The van der Waals surface area contributed by atoms with E-state index in [4.69, 9.17) is 0 Å². The van der Waals surface area contributed by atoms with Crippen molar-refractivity contribution in [2.45, 2.75) is 32.5 Å². The Labute approximate surface area is 155 Å². The standard InChI is InChI=1S/C19H18N4O2S/c1-2-17(23-11-13-5-3-4-6-14(13)19(23)25)18(24)20-10-12-7-8-15-16(9-12)22-26-21-15/h3-9,17H,2,10-11H2,1H3,(H,20,24)/t17-/m0/s1. The fourth-order valence-corrected chi connectivity index (χ4v) is 3.84. The molecule has 1 aromatic heterocycles. The van der Waals surface area contributed by atoms with E-state index in [1.807, 2.05) is 49.4 Å². The van der Waals surface area contributed by atoms with Crippen LogP contribution in [-0.2, 0) is 17.9 Å². The van der Waals surface area contributed by atoms with Crippen LogP contribution in [0.25, 0.3) is 11.0 Å². The first kappa shape index (κ1) is 16.7. The molecule has 0 fully saturated rings. The third kappa shape index (κ3) is 2.94. The molecule has 0 radical (unpaired) electrons. The molecule has 1 atom stereocenters. The number of carbonyl (C=O) groups is 2. The first-order valence-corrected chi connectivity index (χ1v) is 9.28. The number of aromatic nitrogens is 2. The van der Waals surface area contributed by atoms with Crippen LogP contribution in [0.1, 0.15) is 34.8 Å². The van der Waals surface area contributed by atoms with Gasteiger partial charge in [-0.2, -0.15) is 8.75 Å². The zero-order valence-corrected chi connectivity index (χ0v) is 15.1. The molecule has 1 aliphatic rings. The van der Waals surface area contributed by atoms with Gasteiger partial charge in [-0.1, -0.05) is 31.2 Å². The predicted molar refractivity (Wildman–Crippen MR) is 99.7 cm³/mol. The van der Waals surface area contributed by atoms with Gasteiger partial charge in [0.1, 0.15) is 17.1 Å². The Morgan fingerprint density at radius 3 is 2.85 bits per heavy atom. The summed E-state index contributed by atoms with van der Waals surface area (Å²) in [6.45, 7) is 2.81. The minimum absolute atomic E-state index is 0.0717. The number of rotatable bonds is 5. The van der Waals surface area contributed by atoms with Gasteiger partial charge in [0, 0.05) is 18.7 Å². The van der Waals surface area contributed by atoms with E-state index in [9.17, 15) is 9.59 Å². The van der Waals surface area contributed by atoms with E-state index >= 15 is 0 Å². The van der Waals surface area contributed by atoms with Crippen LogP contribution >= 0.6 is 11.7 Å². The van der Waals surface area contributed by atoms with E-state index in [2.05, 4.69) is 14.1 Å². The maximum absolute atomic E-state index is 12.7. The maximum atomic E-state index is 12.7. The van der Waals surface area contributed by atoms with Gasteiger partial charge in [-0.3, -0.25) is 9.59 Å². The Balaban J connectivity index is 1.45. The molecule has 2 aromatic carbocycles. The summed E-state index contributed by atoms with van der Waals surface area (Å²) in [6.07, 6.45) is 0.570. The highest BCUT2D eigenvalue weighted by Gasteiger charge is 2.34. The van der Waals surface area contributed by atoms with E-state index in [0.717, 1.165) is 22.2 Å². The number of nitrogens with zero attached hydrogens (tertiary/aromatic N) is 3. The van der Waals surface area contributed by atoms with Gasteiger partial charge < -0.3 is 10.2 Å². The highest BCUT2D eigenvalue weighted by atomic mass is 32.1. The van der Waals surface area contributed by atoms with Crippen molar-refractivity contribution in [2.24, 2.45) is 0 Å². The van der Waals surface area contributed by atoms with E-state index in [0.29, 0.717) is 25.1 Å². The lowest BCUT2D eigenvalue weighted by atomic mass is 10.1.